The zero-order valence-corrected chi connectivity index (χ0v) is 10.8. The lowest BCUT2D eigenvalue weighted by atomic mass is 10.1. The maximum absolute atomic E-state index is 11.2. The van der Waals surface area contributed by atoms with Crippen molar-refractivity contribution in [1.29, 1.82) is 0 Å². The first-order chi connectivity index (χ1) is 8.68. The largest absolute Gasteiger partial charge is 0.480 e. The van der Waals surface area contributed by atoms with E-state index in [1.165, 1.54) is 0 Å². The summed E-state index contributed by atoms with van der Waals surface area (Å²) < 4.78 is 4.16. The van der Waals surface area contributed by atoms with Gasteiger partial charge in [-0.3, -0.25) is 10.1 Å². The highest BCUT2D eigenvalue weighted by atomic mass is 35.5. The Bertz CT molecular complexity index is 532. The van der Waals surface area contributed by atoms with E-state index in [4.69, 9.17) is 11.6 Å². The summed E-state index contributed by atoms with van der Waals surface area (Å²) in [6.07, 6.45) is 0. The molecule has 2 N–H and O–H groups in total. The van der Waals surface area contributed by atoms with Gasteiger partial charge in [0, 0.05) is 18.1 Å². The van der Waals surface area contributed by atoms with E-state index >= 15 is 0 Å². The maximum Gasteiger partial charge on any atom is 0.325 e. The molecule has 0 saturated heterocycles. The number of halogens is 1. The summed E-state index contributed by atoms with van der Waals surface area (Å²) in [7, 11) is 0. The second-order valence-electron chi connectivity index (χ2n) is 3.56. The number of benzene rings is 1. The lowest BCUT2D eigenvalue weighted by Gasteiger charge is -2.13. The number of aliphatic carboxylic acids is 1. The third-order valence-corrected chi connectivity index (χ3v) is 3.35. The number of carboxylic acid groups (broad SMARTS) is 1. The molecule has 0 saturated carbocycles. The fourth-order valence-electron chi connectivity index (χ4n) is 1.49. The molecule has 0 aliphatic carbocycles. The minimum Gasteiger partial charge on any atom is -0.480 e. The molecule has 0 bridgehead atoms. The van der Waals surface area contributed by atoms with Gasteiger partial charge in [0.1, 0.15) is 16.1 Å². The van der Waals surface area contributed by atoms with Gasteiger partial charge in [0.25, 0.3) is 0 Å². The Morgan fingerprint density at radius 2 is 2.17 bits per heavy atom. The molecule has 1 atom stereocenters. The number of carbonyl (C=O) groups is 1. The topological polar surface area (TPSA) is 75.1 Å². The molecule has 5 nitrogen and oxygen atoms in total. The Hall–Kier alpha value is -1.50. The number of hydrogen-bond donors (Lipinski definition) is 2. The molecule has 2 aromatic rings. The zero-order chi connectivity index (χ0) is 13.0. The van der Waals surface area contributed by atoms with Gasteiger partial charge in [0.15, 0.2) is 0 Å². The molecule has 0 aliphatic rings. The van der Waals surface area contributed by atoms with E-state index in [9.17, 15) is 9.90 Å². The molecule has 7 heteroatoms. The molecule has 94 valence electrons. The molecule has 0 fully saturated rings. The Kier molecular flexibility index (Phi) is 4.24. The van der Waals surface area contributed by atoms with Crippen LogP contribution in [0.3, 0.4) is 0 Å². The fourth-order valence-corrected chi connectivity index (χ4v) is 2.12. The van der Waals surface area contributed by atoms with Crippen LogP contribution >= 0.6 is 23.1 Å². The van der Waals surface area contributed by atoms with Crippen LogP contribution in [0.4, 0.5) is 0 Å². The SMILES string of the molecule is O=C(O)C(NCc1nnsc1Cl)c1ccccc1. The van der Waals surface area contributed by atoms with Gasteiger partial charge in [0.2, 0.25) is 0 Å². The first-order valence-electron chi connectivity index (χ1n) is 5.16. The second kappa shape index (κ2) is 5.90. The fraction of sp³-hybridized carbons (Fsp3) is 0.182. The van der Waals surface area contributed by atoms with Gasteiger partial charge < -0.3 is 5.11 Å². The van der Waals surface area contributed by atoms with Gasteiger partial charge in [-0.15, -0.1) is 5.10 Å². The van der Waals surface area contributed by atoms with Crippen molar-refractivity contribution >= 4 is 29.1 Å². The summed E-state index contributed by atoms with van der Waals surface area (Å²) in [4.78, 5) is 11.2. The number of aromatic nitrogens is 2. The van der Waals surface area contributed by atoms with Crippen LogP contribution in [-0.2, 0) is 11.3 Å². The highest BCUT2D eigenvalue weighted by Gasteiger charge is 2.19. The first kappa shape index (κ1) is 12.9. The van der Waals surface area contributed by atoms with E-state index in [1.807, 2.05) is 6.07 Å². The predicted octanol–water partition coefficient (Wildman–Crippen LogP) is 2.11. The van der Waals surface area contributed by atoms with Crippen LogP contribution < -0.4 is 5.32 Å². The van der Waals surface area contributed by atoms with Crippen LogP contribution in [0.2, 0.25) is 4.34 Å². The summed E-state index contributed by atoms with van der Waals surface area (Å²) in [6, 6.07) is 8.15. The third kappa shape index (κ3) is 3.04. The molecule has 1 heterocycles. The van der Waals surface area contributed by atoms with Crippen LogP contribution in [0.1, 0.15) is 17.3 Å². The Balaban J connectivity index is 2.09. The number of carboxylic acids is 1. The van der Waals surface area contributed by atoms with Gasteiger partial charge >= 0.3 is 5.97 Å². The Labute approximate surface area is 113 Å². The van der Waals surface area contributed by atoms with Crippen LogP contribution in [0.15, 0.2) is 30.3 Å². The molecule has 2 rings (SSSR count). The smallest absolute Gasteiger partial charge is 0.325 e. The quantitative estimate of drug-likeness (QED) is 0.879. The molecule has 1 unspecified atom stereocenters. The lowest BCUT2D eigenvalue weighted by molar-refractivity contribution is -0.139. The Morgan fingerprint density at radius 3 is 2.72 bits per heavy atom. The number of hydrogen-bond acceptors (Lipinski definition) is 5. The monoisotopic (exact) mass is 283 g/mol. The summed E-state index contributed by atoms with van der Waals surface area (Å²) >= 11 is 6.93. The summed E-state index contributed by atoms with van der Waals surface area (Å²) in [5.41, 5.74) is 1.24. The summed E-state index contributed by atoms with van der Waals surface area (Å²) in [6.45, 7) is 0.265. The first-order valence-corrected chi connectivity index (χ1v) is 6.31. The molecule has 1 aromatic heterocycles. The van der Waals surface area contributed by atoms with Crippen LogP contribution in [0.5, 0.6) is 0 Å². The minimum absolute atomic E-state index is 0.265. The highest BCUT2D eigenvalue weighted by molar-refractivity contribution is 7.10. The van der Waals surface area contributed by atoms with Crippen molar-refractivity contribution in [1.82, 2.24) is 14.9 Å². The van der Waals surface area contributed by atoms with Crippen molar-refractivity contribution in [2.24, 2.45) is 0 Å². The second-order valence-corrected chi connectivity index (χ2v) is 4.91. The minimum atomic E-state index is -0.944. The number of rotatable bonds is 5. The van der Waals surface area contributed by atoms with Crippen molar-refractivity contribution in [2.75, 3.05) is 0 Å². The molecule has 0 radical (unpaired) electrons. The van der Waals surface area contributed by atoms with E-state index in [-0.39, 0.29) is 6.54 Å². The molecule has 18 heavy (non-hydrogen) atoms. The number of nitrogens with one attached hydrogen (secondary N) is 1. The normalized spacial score (nSPS) is 12.3. The highest BCUT2D eigenvalue weighted by Crippen LogP contribution is 2.19. The van der Waals surface area contributed by atoms with E-state index in [0.717, 1.165) is 11.5 Å². The third-order valence-electron chi connectivity index (χ3n) is 2.36. The summed E-state index contributed by atoms with van der Waals surface area (Å²) in [5.74, 6) is -0.944. The average molecular weight is 284 g/mol. The molecule has 0 aliphatic heterocycles. The van der Waals surface area contributed by atoms with Crippen LogP contribution in [-0.4, -0.2) is 20.7 Å². The van der Waals surface area contributed by atoms with Gasteiger partial charge in [-0.1, -0.05) is 46.4 Å². The molecular formula is C11H10ClN3O2S. The van der Waals surface area contributed by atoms with E-state index < -0.39 is 12.0 Å². The van der Waals surface area contributed by atoms with Crippen molar-refractivity contribution < 1.29 is 9.90 Å². The van der Waals surface area contributed by atoms with Gasteiger partial charge in [0.05, 0.1) is 0 Å². The van der Waals surface area contributed by atoms with Crippen molar-refractivity contribution in [3.05, 3.63) is 45.9 Å². The maximum atomic E-state index is 11.2. The number of nitrogens with zero attached hydrogens (tertiary/aromatic N) is 2. The lowest BCUT2D eigenvalue weighted by Crippen LogP contribution is -2.28. The van der Waals surface area contributed by atoms with E-state index in [1.54, 1.807) is 24.3 Å². The predicted molar refractivity (Wildman–Crippen MR) is 68.6 cm³/mol. The Morgan fingerprint density at radius 1 is 1.44 bits per heavy atom. The van der Waals surface area contributed by atoms with Crippen LogP contribution in [0.25, 0.3) is 0 Å². The standard InChI is InChI=1S/C11H10ClN3O2S/c12-10-8(14-15-18-10)6-13-9(11(16)17)7-4-2-1-3-5-7/h1-5,9,13H,6H2,(H,16,17). The van der Waals surface area contributed by atoms with E-state index in [2.05, 4.69) is 14.9 Å². The van der Waals surface area contributed by atoms with Crippen molar-refractivity contribution in [2.45, 2.75) is 12.6 Å². The molecule has 0 spiro atoms. The van der Waals surface area contributed by atoms with Crippen molar-refractivity contribution in [3.8, 4) is 0 Å². The van der Waals surface area contributed by atoms with E-state index in [0.29, 0.717) is 15.6 Å². The average Bonchev–Trinajstić information content (AvgIpc) is 2.76. The zero-order valence-electron chi connectivity index (χ0n) is 9.21. The van der Waals surface area contributed by atoms with Crippen molar-refractivity contribution in [3.63, 3.8) is 0 Å². The molecule has 1 aromatic carbocycles. The van der Waals surface area contributed by atoms with Gasteiger partial charge in [-0.2, -0.15) is 0 Å². The van der Waals surface area contributed by atoms with Gasteiger partial charge in [-0.05, 0) is 5.56 Å². The van der Waals surface area contributed by atoms with Gasteiger partial charge in [-0.25, -0.2) is 0 Å². The van der Waals surface area contributed by atoms with Crippen LogP contribution in [0, 0.1) is 0 Å². The molecule has 0 amide bonds. The molecular weight excluding hydrogens is 274 g/mol. The summed E-state index contributed by atoms with van der Waals surface area (Å²) in [5, 5.41) is 15.9.